The van der Waals surface area contributed by atoms with Crippen LogP contribution in [0.2, 0.25) is 0 Å². The number of nitrogens with zero attached hydrogens (tertiary/aromatic N) is 1. The fourth-order valence-electron chi connectivity index (χ4n) is 2.71. The minimum absolute atomic E-state index is 0.0759. The molecule has 2 amide bonds. The number of rotatable bonds is 5. The highest BCUT2D eigenvalue weighted by Gasteiger charge is 2.34. The van der Waals surface area contributed by atoms with E-state index in [0.717, 1.165) is 5.56 Å². The fourth-order valence-corrected chi connectivity index (χ4v) is 2.71. The molecule has 1 atom stereocenters. The van der Waals surface area contributed by atoms with Gasteiger partial charge in [-0.1, -0.05) is 12.1 Å². The highest BCUT2D eigenvalue weighted by molar-refractivity contribution is 5.98. The number of amides is 2. The first kappa shape index (κ1) is 17.9. The Labute approximate surface area is 150 Å². The van der Waals surface area contributed by atoms with Crippen LogP contribution in [0.25, 0.3) is 0 Å². The summed E-state index contributed by atoms with van der Waals surface area (Å²) in [5.41, 5.74) is 1.33. The third kappa shape index (κ3) is 4.18. The molecule has 1 saturated heterocycles. The molecule has 2 aromatic rings. The first-order chi connectivity index (χ1) is 12.6. The van der Waals surface area contributed by atoms with Gasteiger partial charge >= 0.3 is 0 Å². The largest absolute Gasteiger partial charge is 0.497 e. The molecule has 26 heavy (non-hydrogen) atoms. The number of ether oxygens (including phenoxy) is 2. The van der Waals surface area contributed by atoms with E-state index in [1.54, 1.807) is 43.5 Å². The van der Waals surface area contributed by atoms with E-state index in [4.69, 9.17) is 9.47 Å². The Morgan fingerprint density at radius 1 is 1.23 bits per heavy atom. The maximum absolute atomic E-state index is 13.1. The zero-order valence-corrected chi connectivity index (χ0v) is 14.3. The van der Waals surface area contributed by atoms with Crippen LogP contribution in [-0.2, 0) is 20.9 Å². The summed E-state index contributed by atoms with van der Waals surface area (Å²) in [4.78, 5) is 26.3. The number of carbonyl (C=O) groups excluding carboxylic acids is 2. The van der Waals surface area contributed by atoms with Gasteiger partial charge in [-0.25, -0.2) is 4.39 Å². The van der Waals surface area contributed by atoms with Crippen molar-refractivity contribution in [1.82, 2.24) is 4.90 Å². The maximum Gasteiger partial charge on any atom is 0.249 e. The number of hydrogen-bond acceptors (Lipinski definition) is 4. The molecular weight excluding hydrogens is 339 g/mol. The van der Waals surface area contributed by atoms with E-state index in [2.05, 4.69) is 5.32 Å². The highest BCUT2D eigenvalue weighted by Crippen LogP contribution is 2.18. The number of hydrogen-bond donors (Lipinski definition) is 1. The molecule has 1 heterocycles. The van der Waals surface area contributed by atoms with Crippen LogP contribution in [0.3, 0.4) is 0 Å². The molecule has 0 aromatic heterocycles. The lowest BCUT2D eigenvalue weighted by Gasteiger charge is -2.34. The average Bonchev–Trinajstić information content (AvgIpc) is 2.65. The van der Waals surface area contributed by atoms with Crippen LogP contribution in [0, 0.1) is 5.82 Å². The molecule has 0 saturated carbocycles. The third-order valence-corrected chi connectivity index (χ3v) is 4.12. The molecule has 1 aliphatic heterocycles. The quantitative estimate of drug-likeness (QED) is 0.890. The minimum atomic E-state index is -0.761. The Balaban J connectivity index is 1.72. The monoisotopic (exact) mass is 358 g/mol. The predicted molar refractivity (Wildman–Crippen MR) is 93.2 cm³/mol. The number of benzene rings is 2. The number of carbonyl (C=O) groups is 2. The molecule has 0 radical (unpaired) electrons. The van der Waals surface area contributed by atoms with Gasteiger partial charge in [-0.2, -0.15) is 0 Å². The van der Waals surface area contributed by atoms with Gasteiger partial charge in [-0.05, 0) is 42.0 Å². The van der Waals surface area contributed by atoms with Crippen LogP contribution >= 0.6 is 0 Å². The first-order valence-corrected chi connectivity index (χ1v) is 8.13. The topological polar surface area (TPSA) is 67.9 Å². The van der Waals surface area contributed by atoms with Gasteiger partial charge < -0.3 is 19.7 Å². The summed E-state index contributed by atoms with van der Waals surface area (Å²) in [6.07, 6.45) is 0. The lowest BCUT2D eigenvalue weighted by molar-refractivity contribution is -0.154. The minimum Gasteiger partial charge on any atom is -0.497 e. The van der Waals surface area contributed by atoms with Gasteiger partial charge in [-0.3, -0.25) is 9.59 Å². The Hall–Kier alpha value is -2.93. The summed E-state index contributed by atoms with van der Waals surface area (Å²) in [5.74, 6) is -0.297. The van der Waals surface area contributed by atoms with E-state index in [1.165, 1.54) is 17.0 Å². The van der Waals surface area contributed by atoms with Crippen molar-refractivity contribution in [3.8, 4) is 5.75 Å². The second kappa shape index (κ2) is 7.97. The Morgan fingerprint density at radius 2 is 1.92 bits per heavy atom. The van der Waals surface area contributed by atoms with Crippen molar-refractivity contribution in [1.29, 1.82) is 0 Å². The van der Waals surface area contributed by atoms with Crippen LogP contribution in [0.1, 0.15) is 5.56 Å². The van der Waals surface area contributed by atoms with Crippen LogP contribution in [0.4, 0.5) is 10.1 Å². The van der Waals surface area contributed by atoms with Crippen LogP contribution in [0.5, 0.6) is 5.75 Å². The van der Waals surface area contributed by atoms with Crippen LogP contribution in [0.15, 0.2) is 48.5 Å². The highest BCUT2D eigenvalue weighted by atomic mass is 19.1. The number of nitrogens with one attached hydrogen (secondary N) is 1. The van der Waals surface area contributed by atoms with E-state index < -0.39 is 6.04 Å². The van der Waals surface area contributed by atoms with Gasteiger partial charge in [-0.15, -0.1) is 0 Å². The zero-order chi connectivity index (χ0) is 18.5. The van der Waals surface area contributed by atoms with Gasteiger partial charge in [0.05, 0.1) is 13.7 Å². The third-order valence-electron chi connectivity index (χ3n) is 4.12. The molecule has 0 aliphatic carbocycles. The molecule has 1 N–H and O–H groups in total. The zero-order valence-electron chi connectivity index (χ0n) is 14.3. The second-order valence-corrected chi connectivity index (χ2v) is 5.90. The molecule has 1 aliphatic rings. The van der Waals surface area contributed by atoms with Gasteiger partial charge in [0.1, 0.15) is 24.2 Å². The number of methoxy groups -OCH3 is 1. The first-order valence-electron chi connectivity index (χ1n) is 8.13. The summed E-state index contributed by atoms with van der Waals surface area (Å²) in [5, 5.41) is 2.78. The summed E-state index contributed by atoms with van der Waals surface area (Å²) < 4.78 is 23.4. The molecule has 136 valence electrons. The van der Waals surface area contributed by atoms with Gasteiger partial charge in [0, 0.05) is 12.2 Å². The van der Waals surface area contributed by atoms with Gasteiger partial charge in [0.15, 0.2) is 0 Å². The van der Waals surface area contributed by atoms with E-state index in [1.807, 2.05) is 0 Å². The van der Waals surface area contributed by atoms with E-state index in [-0.39, 0.29) is 37.4 Å². The van der Waals surface area contributed by atoms with Gasteiger partial charge in [0.2, 0.25) is 11.8 Å². The van der Waals surface area contributed by atoms with Crippen LogP contribution < -0.4 is 10.1 Å². The molecule has 2 aromatic carbocycles. The van der Waals surface area contributed by atoms with Crippen molar-refractivity contribution < 1.29 is 23.5 Å². The molecule has 7 heteroatoms. The fraction of sp³-hybridized carbons (Fsp3) is 0.263. The lowest BCUT2D eigenvalue weighted by Crippen LogP contribution is -2.54. The van der Waals surface area contributed by atoms with Crippen molar-refractivity contribution in [2.24, 2.45) is 0 Å². The number of anilines is 1. The molecular formula is C19H19FN2O4. The van der Waals surface area contributed by atoms with Crippen LogP contribution in [-0.4, -0.2) is 43.1 Å². The number of morpholine rings is 1. The maximum atomic E-state index is 13.1. The molecule has 6 nitrogen and oxygen atoms in total. The molecule has 1 fully saturated rings. The Morgan fingerprint density at radius 3 is 2.58 bits per heavy atom. The second-order valence-electron chi connectivity index (χ2n) is 5.90. The van der Waals surface area contributed by atoms with Crippen molar-refractivity contribution >= 4 is 17.5 Å². The smallest absolute Gasteiger partial charge is 0.249 e. The van der Waals surface area contributed by atoms with E-state index in [9.17, 15) is 14.0 Å². The molecule has 0 spiro atoms. The van der Waals surface area contributed by atoms with Gasteiger partial charge in [0.25, 0.3) is 0 Å². The SMILES string of the molecule is COc1ccc(NC(=O)C2COCC(=O)N2Cc2ccc(F)cc2)cc1. The Bertz CT molecular complexity index is 777. The van der Waals surface area contributed by atoms with E-state index >= 15 is 0 Å². The summed E-state index contributed by atoms with van der Waals surface area (Å²) in [6, 6.07) is 12.0. The Kier molecular flexibility index (Phi) is 5.48. The average molecular weight is 358 g/mol. The predicted octanol–water partition coefficient (Wildman–Crippen LogP) is 2.20. The van der Waals surface area contributed by atoms with E-state index in [0.29, 0.717) is 11.4 Å². The summed E-state index contributed by atoms with van der Waals surface area (Å²) >= 11 is 0. The lowest BCUT2D eigenvalue weighted by atomic mass is 10.1. The standard InChI is InChI=1S/C19H19FN2O4/c1-25-16-8-6-15(7-9-16)21-19(24)17-11-26-12-18(23)22(17)10-13-2-4-14(20)5-3-13/h2-9,17H,10-12H2,1H3,(H,21,24). The summed E-state index contributed by atoms with van der Waals surface area (Å²) in [6.45, 7) is 0.242. The van der Waals surface area contributed by atoms with Crippen molar-refractivity contribution in [3.05, 3.63) is 59.9 Å². The molecule has 0 bridgehead atoms. The van der Waals surface area contributed by atoms with Crippen molar-refractivity contribution in [2.75, 3.05) is 25.6 Å². The molecule has 3 rings (SSSR count). The normalized spacial score (nSPS) is 17.1. The van der Waals surface area contributed by atoms with Crippen molar-refractivity contribution in [2.45, 2.75) is 12.6 Å². The molecule has 1 unspecified atom stereocenters. The number of halogens is 1. The summed E-state index contributed by atoms with van der Waals surface area (Å²) in [7, 11) is 1.56. The van der Waals surface area contributed by atoms with Crippen molar-refractivity contribution in [3.63, 3.8) is 0 Å².